The van der Waals surface area contributed by atoms with Crippen molar-refractivity contribution in [3.8, 4) is 0 Å². The third kappa shape index (κ3) is 2.88. The quantitative estimate of drug-likeness (QED) is 0.856. The van der Waals surface area contributed by atoms with Gasteiger partial charge in [0.1, 0.15) is 0 Å². The molecule has 0 heterocycles. The van der Waals surface area contributed by atoms with Crippen molar-refractivity contribution in [3.05, 3.63) is 57.5 Å². The number of hydrogen-bond acceptors (Lipinski definition) is 2. The van der Waals surface area contributed by atoms with E-state index in [4.69, 9.17) is 11.6 Å². The minimum absolute atomic E-state index is 0.139. The van der Waals surface area contributed by atoms with E-state index in [-0.39, 0.29) is 10.6 Å². The second-order valence-corrected chi connectivity index (χ2v) is 5.80. The zero-order chi connectivity index (χ0) is 13.1. The summed E-state index contributed by atoms with van der Waals surface area (Å²) in [5.74, 6) is -1.02. The Bertz CT molecular complexity index is 601. The van der Waals surface area contributed by atoms with Crippen molar-refractivity contribution in [1.82, 2.24) is 0 Å². The van der Waals surface area contributed by atoms with Crippen LogP contribution in [-0.2, 0) is 0 Å². The Morgan fingerprint density at radius 3 is 2.44 bits per heavy atom. The molecule has 0 bridgehead atoms. The van der Waals surface area contributed by atoms with E-state index in [1.807, 2.05) is 24.3 Å². The van der Waals surface area contributed by atoms with Gasteiger partial charge in [-0.2, -0.15) is 0 Å². The van der Waals surface area contributed by atoms with E-state index >= 15 is 0 Å². The van der Waals surface area contributed by atoms with E-state index in [0.717, 1.165) is 9.37 Å². The first-order valence-electron chi connectivity index (χ1n) is 5.04. The number of halogens is 2. The monoisotopic (exact) mass is 342 g/mol. The van der Waals surface area contributed by atoms with Crippen LogP contribution in [-0.4, -0.2) is 11.1 Å². The minimum atomic E-state index is -1.02. The molecule has 0 radical (unpaired) electrons. The summed E-state index contributed by atoms with van der Waals surface area (Å²) >= 11 is 10.7. The van der Waals surface area contributed by atoms with E-state index in [0.29, 0.717) is 4.90 Å². The summed E-state index contributed by atoms with van der Waals surface area (Å²) in [7, 11) is 0. The molecule has 2 rings (SSSR count). The van der Waals surface area contributed by atoms with Crippen LogP contribution in [0.4, 0.5) is 0 Å². The predicted molar refractivity (Wildman–Crippen MR) is 76.7 cm³/mol. The molecule has 1 N–H and O–H groups in total. The lowest BCUT2D eigenvalue weighted by Gasteiger charge is -2.08. The average molecular weight is 344 g/mol. The van der Waals surface area contributed by atoms with Crippen molar-refractivity contribution in [1.29, 1.82) is 0 Å². The Balaban J connectivity index is 2.44. The highest BCUT2D eigenvalue weighted by molar-refractivity contribution is 9.10. The van der Waals surface area contributed by atoms with Crippen molar-refractivity contribution in [3.63, 3.8) is 0 Å². The van der Waals surface area contributed by atoms with Gasteiger partial charge in [0.25, 0.3) is 0 Å². The first kappa shape index (κ1) is 13.5. The molecule has 0 saturated carbocycles. The maximum absolute atomic E-state index is 11.2. The molecule has 0 atom stereocenters. The average Bonchev–Trinajstić information content (AvgIpc) is 2.31. The van der Waals surface area contributed by atoms with Gasteiger partial charge in [-0.3, -0.25) is 0 Å². The van der Waals surface area contributed by atoms with Gasteiger partial charge in [0.2, 0.25) is 0 Å². The lowest BCUT2D eigenvalue weighted by molar-refractivity contribution is 0.0693. The predicted octanol–water partition coefficient (Wildman–Crippen LogP) is 4.95. The Morgan fingerprint density at radius 2 is 1.78 bits per heavy atom. The number of rotatable bonds is 3. The normalized spacial score (nSPS) is 10.3. The molecular weight excluding hydrogens is 336 g/mol. The zero-order valence-corrected chi connectivity index (χ0v) is 12.2. The third-order valence-electron chi connectivity index (χ3n) is 2.25. The molecule has 2 aromatic rings. The summed E-state index contributed by atoms with van der Waals surface area (Å²) in [5.41, 5.74) is 0.139. The largest absolute Gasteiger partial charge is 0.478 e. The van der Waals surface area contributed by atoms with Gasteiger partial charge in [0.15, 0.2) is 0 Å². The lowest BCUT2D eigenvalue weighted by Crippen LogP contribution is -1.99. The van der Waals surface area contributed by atoms with Gasteiger partial charge in [0, 0.05) is 14.3 Å². The molecule has 2 aromatic carbocycles. The van der Waals surface area contributed by atoms with E-state index in [2.05, 4.69) is 15.9 Å². The van der Waals surface area contributed by atoms with Gasteiger partial charge in [-0.05, 0) is 40.2 Å². The van der Waals surface area contributed by atoms with Crippen molar-refractivity contribution in [2.24, 2.45) is 0 Å². The van der Waals surface area contributed by atoms with Gasteiger partial charge in [-0.1, -0.05) is 41.6 Å². The van der Waals surface area contributed by atoms with Crippen molar-refractivity contribution >= 4 is 45.3 Å². The number of hydrogen-bond donors (Lipinski definition) is 1. The summed E-state index contributed by atoms with van der Waals surface area (Å²) < 4.78 is 0.923. The molecule has 0 amide bonds. The van der Waals surface area contributed by atoms with Crippen LogP contribution in [0.5, 0.6) is 0 Å². The molecule has 0 spiro atoms. The van der Waals surface area contributed by atoms with Crippen LogP contribution in [0.1, 0.15) is 10.4 Å². The van der Waals surface area contributed by atoms with Crippen LogP contribution < -0.4 is 0 Å². The van der Waals surface area contributed by atoms with Crippen LogP contribution >= 0.6 is 39.3 Å². The smallest absolute Gasteiger partial charge is 0.338 e. The lowest BCUT2D eigenvalue weighted by atomic mass is 10.2. The second kappa shape index (κ2) is 5.78. The molecule has 0 aromatic heterocycles. The highest BCUT2D eigenvalue weighted by Gasteiger charge is 2.15. The number of aromatic carboxylic acids is 1. The number of carboxylic acids is 1. The number of carbonyl (C=O) groups is 1. The number of carboxylic acid groups (broad SMARTS) is 1. The molecule has 92 valence electrons. The van der Waals surface area contributed by atoms with E-state index in [1.165, 1.54) is 11.8 Å². The van der Waals surface area contributed by atoms with Gasteiger partial charge in [-0.15, -0.1) is 0 Å². The van der Waals surface area contributed by atoms with Crippen LogP contribution in [0.25, 0.3) is 0 Å². The van der Waals surface area contributed by atoms with Crippen molar-refractivity contribution in [2.45, 2.75) is 9.79 Å². The molecule has 0 unspecified atom stereocenters. The highest BCUT2D eigenvalue weighted by Crippen LogP contribution is 2.37. The van der Waals surface area contributed by atoms with Gasteiger partial charge < -0.3 is 5.11 Å². The summed E-state index contributed by atoms with van der Waals surface area (Å²) in [5, 5.41) is 9.43. The fraction of sp³-hybridized carbons (Fsp3) is 0. The summed E-state index contributed by atoms with van der Waals surface area (Å²) in [6.07, 6.45) is 0. The van der Waals surface area contributed by atoms with Crippen LogP contribution in [0, 0.1) is 0 Å². The van der Waals surface area contributed by atoms with Gasteiger partial charge in [-0.25, -0.2) is 4.79 Å². The molecule has 2 nitrogen and oxygen atoms in total. The van der Waals surface area contributed by atoms with Crippen LogP contribution in [0.15, 0.2) is 56.7 Å². The standard InChI is InChI=1S/C13H8BrClO2S/c14-8-4-1-2-6-10(8)18-11-7-3-5-9(15)12(11)13(16)17/h1-7H,(H,16,17). The zero-order valence-electron chi connectivity index (χ0n) is 9.06. The molecule has 0 saturated heterocycles. The maximum atomic E-state index is 11.2. The molecule has 18 heavy (non-hydrogen) atoms. The summed E-state index contributed by atoms with van der Waals surface area (Å²) in [4.78, 5) is 12.8. The molecule has 5 heteroatoms. The topological polar surface area (TPSA) is 37.3 Å². The Kier molecular flexibility index (Phi) is 4.32. The first-order chi connectivity index (χ1) is 8.59. The molecule has 0 aliphatic rings. The second-order valence-electron chi connectivity index (χ2n) is 3.45. The Morgan fingerprint density at radius 1 is 1.11 bits per heavy atom. The minimum Gasteiger partial charge on any atom is -0.478 e. The first-order valence-corrected chi connectivity index (χ1v) is 7.02. The molecule has 0 fully saturated rings. The summed E-state index contributed by atoms with van der Waals surface area (Å²) in [6.45, 7) is 0. The van der Waals surface area contributed by atoms with Gasteiger partial charge >= 0.3 is 5.97 Å². The summed E-state index contributed by atoms with van der Waals surface area (Å²) in [6, 6.07) is 12.7. The van der Waals surface area contributed by atoms with E-state index in [9.17, 15) is 9.90 Å². The van der Waals surface area contributed by atoms with Crippen LogP contribution in [0.3, 0.4) is 0 Å². The van der Waals surface area contributed by atoms with E-state index < -0.39 is 5.97 Å². The van der Waals surface area contributed by atoms with Gasteiger partial charge in [0.05, 0.1) is 10.6 Å². The molecule has 0 aliphatic heterocycles. The fourth-order valence-electron chi connectivity index (χ4n) is 1.44. The SMILES string of the molecule is O=C(O)c1c(Cl)cccc1Sc1ccccc1Br. The Labute approximate surface area is 122 Å². The molecular formula is C13H8BrClO2S. The van der Waals surface area contributed by atoms with Crippen LogP contribution in [0.2, 0.25) is 5.02 Å². The Hall–Kier alpha value is -0.970. The maximum Gasteiger partial charge on any atom is 0.338 e. The van der Waals surface area contributed by atoms with Crippen molar-refractivity contribution in [2.75, 3.05) is 0 Å². The molecule has 0 aliphatic carbocycles. The highest BCUT2D eigenvalue weighted by atomic mass is 79.9. The fourth-order valence-corrected chi connectivity index (χ4v) is 3.28. The van der Waals surface area contributed by atoms with Crippen molar-refractivity contribution < 1.29 is 9.90 Å². The number of benzene rings is 2. The third-order valence-corrected chi connectivity index (χ3v) is 4.65. The van der Waals surface area contributed by atoms with E-state index in [1.54, 1.807) is 18.2 Å².